The minimum absolute atomic E-state index is 0.322. The zero-order chi connectivity index (χ0) is 13.0. The molecule has 0 aromatic rings. The zero-order valence-corrected chi connectivity index (χ0v) is 12.4. The maximum Gasteiger partial charge on any atom is 0.0901 e. The van der Waals surface area contributed by atoms with Crippen molar-refractivity contribution in [3.05, 3.63) is 0 Å². The molecule has 3 nitrogen and oxygen atoms in total. The van der Waals surface area contributed by atoms with Crippen LogP contribution in [0.5, 0.6) is 0 Å². The summed E-state index contributed by atoms with van der Waals surface area (Å²) in [6.45, 7) is 7.14. The van der Waals surface area contributed by atoms with E-state index in [0.29, 0.717) is 11.0 Å². The quantitative estimate of drug-likeness (QED) is 0.791. The van der Waals surface area contributed by atoms with Crippen LogP contribution < -0.4 is 5.73 Å². The second-order valence-corrected chi connectivity index (χ2v) is 6.16. The van der Waals surface area contributed by atoms with Crippen molar-refractivity contribution in [3.8, 4) is 0 Å². The second-order valence-electron chi connectivity index (χ2n) is 5.69. The van der Waals surface area contributed by atoms with Crippen molar-refractivity contribution in [1.29, 1.82) is 0 Å². The number of likely N-dealkylation sites (tertiary alicyclic amines) is 2. The molecule has 0 radical (unpaired) electrons. The molecule has 2 rings (SSSR count). The summed E-state index contributed by atoms with van der Waals surface area (Å²) in [5.74, 6) is 0. The molecule has 2 saturated heterocycles. The minimum Gasteiger partial charge on any atom is -0.392 e. The zero-order valence-electron chi connectivity index (χ0n) is 11.6. The average molecular weight is 269 g/mol. The lowest BCUT2D eigenvalue weighted by Crippen LogP contribution is -2.52. The molecule has 0 spiro atoms. The van der Waals surface area contributed by atoms with Crippen LogP contribution in [0.25, 0.3) is 0 Å². The Hall–Kier alpha value is -0.190. The third kappa shape index (κ3) is 3.43. The molecule has 0 amide bonds. The lowest BCUT2D eigenvalue weighted by atomic mass is 9.98. The molecule has 0 aromatic heterocycles. The van der Waals surface area contributed by atoms with E-state index in [9.17, 15) is 0 Å². The van der Waals surface area contributed by atoms with E-state index in [-0.39, 0.29) is 0 Å². The molecule has 2 aliphatic rings. The molecule has 0 bridgehead atoms. The standard InChI is InChI=1S/C14H27N3S/c1-2-13(14(15)18)17-10-6-12(7-11-17)16-8-4-3-5-9-16/h12-13H,2-11H2,1H3,(H2,15,18). The van der Waals surface area contributed by atoms with E-state index in [1.807, 2.05) is 0 Å². The van der Waals surface area contributed by atoms with Gasteiger partial charge in [-0.2, -0.15) is 0 Å². The maximum absolute atomic E-state index is 5.83. The van der Waals surface area contributed by atoms with Gasteiger partial charge in [-0.1, -0.05) is 25.6 Å². The maximum atomic E-state index is 5.83. The summed E-state index contributed by atoms with van der Waals surface area (Å²) in [5, 5.41) is 0. The van der Waals surface area contributed by atoms with Crippen molar-refractivity contribution < 1.29 is 0 Å². The first-order chi connectivity index (χ1) is 8.72. The van der Waals surface area contributed by atoms with Crippen molar-refractivity contribution in [2.45, 2.75) is 57.5 Å². The van der Waals surface area contributed by atoms with Crippen LogP contribution in [0.1, 0.15) is 45.4 Å². The van der Waals surface area contributed by atoms with Gasteiger partial charge in [-0.3, -0.25) is 4.90 Å². The molecule has 2 aliphatic heterocycles. The van der Waals surface area contributed by atoms with Gasteiger partial charge in [-0.25, -0.2) is 0 Å². The SMILES string of the molecule is CCC(C(N)=S)N1CCC(N2CCCCC2)CC1. The highest BCUT2D eigenvalue weighted by Gasteiger charge is 2.28. The summed E-state index contributed by atoms with van der Waals surface area (Å²) in [6, 6.07) is 1.13. The molecule has 0 aromatic carbocycles. The molecule has 2 fully saturated rings. The number of hydrogen-bond acceptors (Lipinski definition) is 3. The first kappa shape index (κ1) is 14.2. The van der Waals surface area contributed by atoms with E-state index in [1.54, 1.807) is 0 Å². The third-order valence-corrected chi connectivity index (χ3v) is 4.83. The Morgan fingerprint density at radius 1 is 1.17 bits per heavy atom. The summed E-state index contributed by atoms with van der Waals surface area (Å²) in [7, 11) is 0. The van der Waals surface area contributed by atoms with Crippen LogP contribution in [0.2, 0.25) is 0 Å². The van der Waals surface area contributed by atoms with Crippen LogP contribution in [0.3, 0.4) is 0 Å². The summed E-state index contributed by atoms with van der Waals surface area (Å²) in [6.07, 6.45) is 7.84. The van der Waals surface area contributed by atoms with Gasteiger partial charge in [0.1, 0.15) is 0 Å². The number of nitrogens with zero attached hydrogens (tertiary/aromatic N) is 2. The highest BCUT2D eigenvalue weighted by molar-refractivity contribution is 7.80. The Labute approximate surface area is 117 Å². The van der Waals surface area contributed by atoms with E-state index in [1.165, 1.54) is 45.2 Å². The fourth-order valence-corrected chi connectivity index (χ4v) is 3.80. The Morgan fingerprint density at radius 3 is 2.28 bits per heavy atom. The van der Waals surface area contributed by atoms with Gasteiger partial charge in [0, 0.05) is 19.1 Å². The van der Waals surface area contributed by atoms with Crippen LogP contribution in [0.4, 0.5) is 0 Å². The summed E-state index contributed by atoms with van der Waals surface area (Å²) >= 11 is 5.18. The molecular formula is C14H27N3S. The smallest absolute Gasteiger partial charge is 0.0901 e. The number of nitrogens with two attached hydrogens (primary N) is 1. The lowest BCUT2D eigenvalue weighted by Gasteiger charge is -2.42. The van der Waals surface area contributed by atoms with Crippen LogP contribution >= 0.6 is 12.2 Å². The molecular weight excluding hydrogens is 242 g/mol. The van der Waals surface area contributed by atoms with Gasteiger partial charge in [-0.15, -0.1) is 0 Å². The monoisotopic (exact) mass is 269 g/mol. The Morgan fingerprint density at radius 2 is 1.78 bits per heavy atom. The first-order valence-electron chi connectivity index (χ1n) is 7.49. The van der Waals surface area contributed by atoms with E-state index >= 15 is 0 Å². The van der Waals surface area contributed by atoms with Gasteiger partial charge in [0.05, 0.1) is 11.0 Å². The van der Waals surface area contributed by atoms with Gasteiger partial charge in [-0.05, 0) is 45.2 Å². The molecule has 2 N–H and O–H groups in total. The van der Waals surface area contributed by atoms with E-state index in [2.05, 4.69) is 16.7 Å². The van der Waals surface area contributed by atoms with Gasteiger partial charge in [0.15, 0.2) is 0 Å². The Kier molecular flexibility index (Phi) is 5.39. The highest BCUT2D eigenvalue weighted by Crippen LogP contribution is 2.22. The number of piperidine rings is 2. The predicted molar refractivity (Wildman–Crippen MR) is 80.9 cm³/mol. The molecule has 1 unspecified atom stereocenters. The summed E-state index contributed by atoms with van der Waals surface area (Å²) < 4.78 is 0. The predicted octanol–water partition coefficient (Wildman–Crippen LogP) is 2.00. The fourth-order valence-electron chi connectivity index (χ4n) is 3.49. The molecule has 0 saturated carbocycles. The van der Waals surface area contributed by atoms with Crippen molar-refractivity contribution in [2.75, 3.05) is 26.2 Å². The van der Waals surface area contributed by atoms with Crippen molar-refractivity contribution in [3.63, 3.8) is 0 Å². The largest absolute Gasteiger partial charge is 0.392 e. The van der Waals surface area contributed by atoms with Gasteiger partial charge < -0.3 is 10.6 Å². The molecule has 104 valence electrons. The number of hydrogen-bond donors (Lipinski definition) is 1. The van der Waals surface area contributed by atoms with Gasteiger partial charge >= 0.3 is 0 Å². The summed E-state index contributed by atoms with van der Waals surface area (Å²) in [4.78, 5) is 5.87. The van der Waals surface area contributed by atoms with Crippen LogP contribution in [-0.2, 0) is 0 Å². The minimum atomic E-state index is 0.322. The van der Waals surface area contributed by atoms with E-state index in [4.69, 9.17) is 18.0 Å². The summed E-state index contributed by atoms with van der Waals surface area (Å²) in [5.41, 5.74) is 5.83. The normalized spacial score (nSPS) is 26.1. The third-order valence-electron chi connectivity index (χ3n) is 4.56. The van der Waals surface area contributed by atoms with Gasteiger partial charge in [0.2, 0.25) is 0 Å². The highest BCUT2D eigenvalue weighted by atomic mass is 32.1. The van der Waals surface area contributed by atoms with Crippen molar-refractivity contribution in [1.82, 2.24) is 9.80 Å². The van der Waals surface area contributed by atoms with Crippen LogP contribution in [0, 0.1) is 0 Å². The molecule has 18 heavy (non-hydrogen) atoms. The van der Waals surface area contributed by atoms with E-state index < -0.39 is 0 Å². The Bertz CT molecular complexity index is 268. The molecule has 0 aliphatic carbocycles. The van der Waals surface area contributed by atoms with Crippen molar-refractivity contribution >= 4 is 17.2 Å². The first-order valence-corrected chi connectivity index (χ1v) is 7.90. The fraction of sp³-hybridized carbons (Fsp3) is 0.929. The lowest BCUT2D eigenvalue weighted by molar-refractivity contribution is 0.0842. The molecule has 1 atom stereocenters. The molecule has 4 heteroatoms. The van der Waals surface area contributed by atoms with Crippen LogP contribution in [-0.4, -0.2) is 53.1 Å². The number of rotatable bonds is 4. The average Bonchev–Trinajstić information content (AvgIpc) is 2.41. The second kappa shape index (κ2) is 6.83. The van der Waals surface area contributed by atoms with E-state index in [0.717, 1.165) is 25.6 Å². The van der Waals surface area contributed by atoms with Crippen LogP contribution in [0.15, 0.2) is 0 Å². The number of thiocarbonyl (C=S) groups is 1. The molecule has 2 heterocycles. The topological polar surface area (TPSA) is 32.5 Å². The van der Waals surface area contributed by atoms with Crippen molar-refractivity contribution in [2.24, 2.45) is 5.73 Å². The van der Waals surface area contributed by atoms with Gasteiger partial charge in [0.25, 0.3) is 0 Å². The Balaban J connectivity index is 1.81.